The number of rotatable bonds is 3. The van der Waals surface area contributed by atoms with Crippen molar-refractivity contribution in [3.8, 4) is 0 Å². The third kappa shape index (κ3) is 2.86. The van der Waals surface area contributed by atoms with Gasteiger partial charge in [-0.2, -0.15) is 0 Å². The van der Waals surface area contributed by atoms with E-state index in [1.807, 2.05) is 24.4 Å². The van der Waals surface area contributed by atoms with Crippen LogP contribution in [-0.2, 0) is 11.3 Å². The van der Waals surface area contributed by atoms with Gasteiger partial charge in [-0.1, -0.05) is 6.07 Å². The van der Waals surface area contributed by atoms with E-state index in [0.29, 0.717) is 0 Å². The van der Waals surface area contributed by atoms with Gasteiger partial charge in [-0.25, -0.2) is 0 Å². The van der Waals surface area contributed by atoms with Crippen LogP contribution < -0.4 is 0 Å². The Balaban J connectivity index is 1.85. The van der Waals surface area contributed by atoms with Gasteiger partial charge in [0.1, 0.15) is 6.29 Å². The first-order valence-corrected chi connectivity index (χ1v) is 5.46. The van der Waals surface area contributed by atoms with Crippen LogP contribution in [-0.4, -0.2) is 29.3 Å². The molecule has 15 heavy (non-hydrogen) atoms. The molecule has 1 aromatic rings. The molecule has 0 radical (unpaired) electrons. The second-order valence-corrected chi connectivity index (χ2v) is 4.07. The molecule has 0 N–H and O–H groups in total. The van der Waals surface area contributed by atoms with Crippen LogP contribution in [0.25, 0.3) is 0 Å². The quantitative estimate of drug-likeness (QED) is 0.699. The summed E-state index contributed by atoms with van der Waals surface area (Å²) in [6.45, 7) is 2.94. The molecule has 1 fully saturated rings. The van der Waals surface area contributed by atoms with Crippen LogP contribution in [0.15, 0.2) is 24.4 Å². The predicted octanol–water partition coefficient (Wildman–Crippen LogP) is 1.49. The maximum Gasteiger partial charge on any atom is 0.123 e. The summed E-state index contributed by atoms with van der Waals surface area (Å²) in [6, 6.07) is 5.99. The van der Waals surface area contributed by atoms with Gasteiger partial charge in [0.2, 0.25) is 0 Å². The number of aromatic nitrogens is 1. The Morgan fingerprint density at radius 3 is 2.80 bits per heavy atom. The number of hydrogen-bond acceptors (Lipinski definition) is 3. The molecule has 0 aromatic carbocycles. The number of carbonyl (C=O) groups is 1. The van der Waals surface area contributed by atoms with Crippen LogP contribution in [0, 0.1) is 5.92 Å². The minimum absolute atomic E-state index is 0.282. The monoisotopic (exact) mass is 204 g/mol. The zero-order chi connectivity index (χ0) is 10.5. The van der Waals surface area contributed by atoms with Gasteiger partial charge in [-0.3, -0.25) is 9.88 Å². The lowest BCUT2D eigenvalue weighted by atomic mass is 9.98. The molecule has 1 aliphatic rings. The summed E-state index contributed by atoms with van der Waals surface area (Å²) >= 11 is 0. The lowest BCUT2D eigenvalue weighted by Crippen LogP contribution is -2.33. The SMILES string of the molecule is O=CC1CCN(Cc2ccccn2)CC1. The second kappa shape index (κ2) is 5.03. The molecule has 0 aliphatic carbocycles. The van der Waals surface area contributed by atoms with Crippen LogP contribution in [0.4, 0.5) is 0 Å². The minimum atomic E-state index is 0.282. The average Bonchev–Trinajstić information content (AvgIpc) is 2.31. The van der Waals surface area contributed by atoms with Gasteiger partial charge in [0, 0.05) is 18.7 Å². The summed E-state index contributed by atoms with van der Waals surface area (Å²) in [6.07, 6.45) is 4.91. The smallest absolute Gasteiger partial charge is 0.123 e. The predicted molar refractivity (Wildman–Crippen MR) is 58.3 cm³/mol. The molecule has 1 aliphatic heterocycles. The van der Waals surface area contributed by atoms with Crippen molar-refractivity contribution in [3.63, 3.8) is 0 Å². The molecule has 0 unspecified atom stereocenters. The van der Waals surface area contributed by atoms with Gasteiger partial charge in [0.05, 0.1) is 5.69 Å². The number of aldehydes is 1. The minimum Gasteiger partial charge on any atom is -0.303 e. The van der Waals surface area contributed by atoms with Crippen molar-refractivity contribution in [2.45, 2.75) is 19.4 Å². The van der Waals surface area contributed by atoms with E-state index in [4.69, 9.17) is 0 Å². The zero-order valence-corrected chi connectivity index (χ0v) is 8.80. The Bertz CT molecular complexity index is 305. The Labute approximate surface area is 90.1 Å². The van der Waals surface area contributed by atoms with E-state index in [1.165, 1.54) is 0 Å². The maximum absolute atomic E-state index is 10.6. The highest BCUT2D eigenvalue weighted by Gasteiger charge is 2.18. The summed E-state index contributed by atoms with van der Waals surface area (Å²) in [5.41, 5.74) is 1.11. The molecule has 0 amide bonds. The molecule has 2 heterocycles. The Kier molecular flexibility index (Phi) is 3.45. The van der Waals surface area contributed by atoms with Gasteiger partial charge in [0.25, 0.3) is 0 Å². The number of likely N-dealkylation sites (tertiary alicyclic amines) is 1. The number of piperidine rings is 1. The van der Waals surface area contributed by atoms with Crippen molar-refractivity contribution in [1.82, 2.24) is 9.88 Å². The van der Waals surface area contributed by atoms with Crippen molar-refractivity contribution in [3.05, 3.63) is 30.1 Å². The van der Waals surface area contributed by atoms with E-state index in [9.17, 15) is 4.79 Å². The lowest BCUT2D eigenvalue weighted by Gasteiger charge is -2.29. The summed E-state index contributed by atoms with van der Waals surface area (Å²) in [5.74, 6) is 0.282. The van der Waals surface area contributed by atoms with E-state index in [-0.39, 0.29) is 5.92 Å². The normalized spacial score (nSPS) is 18.9. The van der Waals surface area contributed by atoms with Crippen molar-refractivity contribution in [1.29, 1.82) is 0 Å². The van der Waals surface area contributed by atoms with E-state index in [0.717, 1.165) is 44.5 Å². The van der Waals surface area contributed by atoms with Gasteiger partial charge in [-0.05, 0) is 38.1 Å². The summed E-state index contributed by atoms with van der Waals surface area (Å²) in [4.78, 5) is 17.3. The number of nitrogens with zero attached hydrogens (tertiary/aromatic N) is 2. The average molecular weight is 204 g/mol. The van der Waals surface area contributed by atoms with Crippen LogP contribution in [0.2, 0.25) is 0 Å². The van der Waals surface area contributed by atoms with Gasteiger partial charge in [-0.15, -0.1) is 0 Å². The Hall–Kier alpha value is -1.22. The third-order valence-corrected chi connectivity index (χ3v) is 2.94. The van der Waals surface area contributed by atoms with Crippen molar-refractivity contribution in [2.75, 3.05) is 13.1 Å². The molecule has 0 spiro atoms. The van der Waals surface area contributed by atoms with Crippen LogP contribution in [0.3, 0.4) is 0 Å². The fraction of sp³-hybridized carbons (Fsp3) is 0.500. The van der Waals surface area contributed by atoms with Crippen molar-refractivity contribution in [2.24, 2.45) is 5.92 Å². The Morgan fingerprint density at radius 1 is 1.40 bits per heavy atom. The highest BCUT2D eigenvalue weighted by atomic mass is 16.1. The third-order valence-electron chi connectivity index (χ3n) is 2.94. The van der Waals surface area contributed by atoms with Crippen LogP contribution >= 0.6 is 0 Å². The summed E-state index contributed by atoms with van der Waals surface area (Å²) < 4.78 is 0. The fourth-order valence-corrected chi connectivity index (χ4v) is 1.97. The standard InChI is InChI=1S/C12H16N2O/c15-10-11-4-7-14(8-5-11)9-12-3-1-2-6-13-12/h1-3,6,10-11H,4-5,7-9H2. The number of pyridine rings is 1. The molecular weight excluding hydrogens is 188 g/mol. The first-order valence-electron chi connectivity index (χ1n) is 5.46. The molecule has 0 atom stereocenters. The maximum atomic E-state index is 10.6. The van der Waals surface area contributed by atoms with Gasteiger partial charge >= 0.3 is 0 Å². The highest BCUT2D eigenvalue weighted by molar-refractivity contribution is 5.53. The molecule has 3 heteroatoms. The fourth-order valence-electron chi connectivity index (χ4n) is 1.97. The lowest BCUT2D eigenvalue weighted by molar-refractivity contribution is -0.112. The molecule has 0 bridgehead atoms. The van der Waals surface area contributed by atoms with E-state index in [2.05, 4.69) is 9.88 Å². The number of hydrogen-bond donors (Lipinski definition) is 0. The van der Waals surface area contributed by atoms with Gasteiger partial charge < -0.3 is 4.79 Å². The van der Waals surface area contributed by atoms with Crippen LogP contribution in [0.5, 0.6) is 0 Å². The molecule has 1 saturated heterocycles. The largest absolute Gasteiger partial charge is 0.303 e. The molecule has 80 valence electrons. The molecule has 2 rings (SSSR count). The summed E-state index contributed by atoms with van der Waals surface area (Å²) in [5, 5.41) is 0. The Morgan fingerprint density at radius 2 is 2.20 bits per heavy atom. The molecule has 1 aromatic heterocycles. The van der Waals surface area contributed by atoms with E-state index >= 15 is 0 Å². The van der Waals surface area contributed by atoms with Crippen molar-refractivity contribution < 1.29 is 4.79 Å². The first-order chi connectivity index (χ1) is 7.38. The molecule has 3 nitrogen and oxygen atoms in total. The summed E-state index contributed by atoms with van der Waals surface area (Å²) in [7, 11) is 0. The zero-order valence-electron chi connectivity index (χ0n) is 8.80. The topological polar surface area (TPSA) is 33.2 Å². The van der Waals surface area contributed by atoms with Crippen LogP contribution in [0.1, 0.15) is 18.5 Å². The number of carbonyl (C=O) groups excluding carboxylic acids is 1. The first kappa shape index (κ1) is 10.3. The molecule has 0 saturated carbocycles. The van der Waals surface area contributed by atoms with Crippen molar-refractivity contribution >= 4 is 6.29 Å². The van der Waals surface area contributed by atoms with Gasteiger partial charge in [0.15, 0.2) is 0 Å². The second-order valence-electron chi connectivity index (χ2n) is 4.07. The molecular formula is C12H16N2O. The van der Waals surface area contributed by atoms with E-state index in [1.54, 1.807) is 0 Å². The highest BCUT2D eigenvalue weighted by Crippen LogP contribution is 2.16. The van der Waals surface area contributed by atoms with E-state index < -0.39 is 0 Å².